The molecular weight excluding hydrogens is 224 g/mol. The van der Waals surface area contributed by atoms with Gasteiger partial charge in [0.25, 0.3) is 0 Å². The molecule has 4 heteroatoms. The van der Waals surface area contributed by atoms with Gasteiger partial charge in [0.1, 0.15) is 15.6 Å². The topological polar surface area (TPSA) is 43.4 Å². The van der Waals surface area contributed by atoms with Crippen LogP contribution in [0.5, 0.6) is 5.75 Å². The molecule has 0 aromatic heterocycles. The highest BCUT2D eigenvalue weighted by Gasteiger charge is 2.00. The molecule has 0 bridgehead atoms. The van der Waals surface area contributed by atoms with Crippen molar-refractivity contribution in [3.05, 3.63) is 30.3 Å². The Hall–Kier alpha value is -1.03. The lowest BCUT2D eigenvalue weighted by molar-refractivity contribution is 0.306. The molecule has 0 atom stereocenters. The van der Waals surface area contributed by atoms with Crippen LogP contribution in [-0.4, -0.2) is 27.0 Å². The van der Waals surface area contributed by atoms with Gasteiger partial charge in [0.05, 0.1) is 6.61 Å². The van der Waals surface area contributed by atoms with Crippen molar-refractivity contribution >= 4 is 9.84 Å². The normalized spacial score (nSPS) is 11.3. The van der Waals surface area contributed by atoms with Gasteiger partial charge < -0.3 is 4.74 Å². The van der Waals surface area contributed by atoms with Gasteiger partial charge in [0.15, 0.2) is 0 Å². The molecule has 0 amide bonds. The number of ether oxygens (including phenoxy) is 1. The van der Waals surface area contributed by atoms with E-state index in [1.807, 2.05) is 30.3 Å². The van der Waals surface area contributed by atoms with Crippen molar-refractivity contribution in [2.45, 2.75) is 19.3 Å². The summed E-state index contributed by atoms with van der Waals surface area (Å²) in [4.78, 5) is 0. The van der Waals surface area contributed by atoms with Crippen LogP contribution in [0.1, 0.15) is 19.3 Å². The molecule has 3 nitrogen and oxygen atoms in total. The number of sulfone groups is 1. The van der Waals surface area contributed by atoms with Crippen molar-refractivity contribution < 1.29 is 13.2 Å². The van der Waals surface area contributed by atoms with Crippen molar-refractivity contribution in [1.82, 2.24) is 0 Å². The van der Waals surface area contributed by atoms with Crippen molar-refractivity contribution in [2.24, 2.45) is 0 Å². The summed E-state index contributed by atoms with van der Waals surface area (Å²) < 4.78 is 27.2. The molecule has 0 fully saturated rings. The Bertz CT molecular complexity index is 384. The lowest BCUT2D eigenvalue weighted by Gasteiger charge is -2.05. The average Bonchev–Trinajstić information content (AvgIpc) is 2.23. The number of unbranched alkanes of at least 4 members (excludes halogenated alkanes) is 2. The molecular formula is C12H18O3S. The Balaban J connectivity index is 2.05. The summed E-state index contributed by atoms with van der Waals surface area (Å²) in [6.07, 6.45) is 3.77. The van der Waals surface area contributed by atoms with Crippen LogP contribution < -0.4 is 4.74 Å². The van der Waals surface area contributed by atoms with E-state index in [1.54, 1.807) is 0 Å². The predicted octanol–water partition coefficient (Wildman–Crippen LogP) is 2.28. The number of hydrogen-bond acceptors (Lipinski definition) is 3. The third kappa shape index (κ3) is 6.45. The van der Waals surface area contributed by atoms with Gasteiger partial charge in [-0.3, -0.25) is 0 Å². The van der Waals surface area contributed by atoms with Gasteiger partial charge in [-0.25, -0.2) is 8.42 Å². The zero-order valence-corrected chi connectivity index (χ0v) is 10.4. The summed E-state index contributed by atoms with van der Waals surface area (Å²) in [6.45, 7) is 0.647. The quantitative estimate of drug-likeness (QED) is 0.689. The van der Waals surface area contributed by atoms with Crippen molar-refractivity contribution in [3.63, 3.8) is 0 Å². The number of rotatable bonds is 7. The van der Waals surface area contributed by atoms with E-state index in [0.29, 0.717) is 6.61 Å². The van der Waals surface area contributed by atoms with E-state index in [1.165, 1.54) is 6.26 Å². The van der Waals surface area contributed by atoms with Gasteiger partial charge in [-0.05, 0) is 31.4 Å². The van der Waals surface area contributed by atoms with Crippen LogP contribution in [0.25, 0.3) is 0 Å². The molecule has 0 spiro atoms. The van der Waals surface area contributed by atoms with Crippen LogP contribution >= 0.6 is 0 Å². The summed E-state index contributed by atoms with van der Waals surface area (Å²) in [7, 11) is -2.80. The fraction of sp³-hybridized carbons (Fsp3) is 0.500. The van der Waals surface area contributed by atoms with Gasteiger partial charge in [0, 0.05) is 12.0 Å². The lowest BCUT2D eigenvalue weighted by atomic mass is 10.3. The van der Waals surface area contributed by atoms with E-state index >= 15 is 0 Å². The Morgan fingerprint density at radius 3 is 2.38 bits per heavy atom. The Morgan fingerprint density at radius 2 is 1.75 bits per heavy atom. The van der Waals surface area contributed by atoms with Gasteiger partial charge in [-0.1, -0.05) is 18.2 Å². The van der Waals surface area contributed by atoms with Crippen molar-refractivity contribution in [3.8, 4) is 5.75 Å². The number of benzene rings is 1. The van der Waals surface area contributed by atoms with Gasteiger partial charge in [-0.2, -0.15) is 0 Å². The standard InChI is InChI=1S/C12H18O3S/c1-16(13,14)11-7-3-6-10-15-12-8-4-2-5-9-12/h2,4-5,8-9H,3,6-7,10-11H2,1H3. The third-order valence-electron chi connectivity index (χ3n) is 2.17. The molecule has 1 aromatic carbocycles. The SMILES string of the molecule is CS(=O)(=O)CCCCCOc1ccccc1. The number of hydrogen-bond donors (Lipinski definition) is 0. The van der Waals surface area contributed by atoms with E-state index in [0.717, 1.165) is 25.0 Å². The molecule has 0 saturated carbocycles. The van der Waals surface area contributed by atoms with Crippen molar-refractivity contribution in [1.29, 1.82) is 0 Å². The second-order valence-electron chi connectivity index (χ2n) is 3.85. The first kappa shape index (κ1) is 13.0. The van der Waals surface area contributed by atoms with Crippen LogP contribution in [0.2, 0.25) is 0 Å². The molecule has 0 saturated heterocycles. The second-order valence-corrected chi connectivity index (χ2v) is 6.11. The van der Waals surface area contributed by atoms with Crippen LogP contribution in [0.3, 0.4) is 0 Å². The van der Waals surface area contributed by atoms with E-state index in [-0.39, 0.29) is 5.75 Å². The molecule has 0 radical (unpaired) electrons. The fourth-order valence-electron chi connectivity index (χ4n) is 1.35. The van der Waals surface area contributed by atoms with E-state index in [2.05, 4.69) is 0 Å². The van der Waals surface area contributed by atoms with Gasteiger partial charge >= 0.3 is 0 Å². The van der Waals surface area contributed by atoms with Crippen molar-refractivity contribution in [2.75, 3.05) is 18.6 Å². The highest BCUT2D eigenvalue weighted by Crippen LogP contribution is 2.09. The summed E-state index contributed by atoms with van der Waals surface area (Å²) in [6, 6.07) is 9.63. The molecule has 0 aliphatic carbocycles. The first-order valence-electron chi connectivity index (χ1n) is 5.43. The Morgan fingerprint density at radius 1 is 1.06 bits per heavy atom. The van der Waals surface area contributed by atoms with Gasteiger partial charge in [-0.15, -0.1) is 0 Å². The molecule has 1 aromatic rings. The monoisotopic (exact) mass is 242 g/mol. The van der Waals surface area contributed by atoms with E-state index < -0.39 is 9.84 Å². The third-order valence-corrected chi connectivity index (χ3v) is 3.20. The maximum atomic E-state index is 10.9. The number of para-hydroxylation sites is 1. The maximum Gasteiger partial charge on any atom is 0.147 e. The predicted molar refractivity (Wildman–Crippen MR) is 65.5 cm³/mol. The van der Waals surface area contributed by atoms with Crippen LogP contribution in [0.15, 0.2) is 30.3 Å². The van der Waals surface area contributed by atoms with Crippen LogP contribution in [-0.2, 0) is 9.84 Å². The molecule has 1 rings (SSSR count). The Labute approximate surface area is 97.4 Å². The summed E-state index contributed by atoms with van der Waals surface area (Å²) in [5.41, 5.74) is 0. The van der Waals surface area contributed by atoms with Gasteiger partial charge in [0.2, 0.25) is 0 Å². The highest BCUT2D eigenvalue weighted by molar-refractivity contribution is 7.90. The fourth-order valence-corrected chi connectivity index (χ4v) is 2.08. The van der Waals surface area contributed by atoms with Crippen LogP contribution in [0.4, 0.5) is 0 Å². The van der Waals surface area contributed by atoms with E-state index in [9.17, 15) is 8.42 Å². The molecule has 0 aliphatic heterocycles. The minimum Gasteiger partial charge on any atom is -0.494 e. The molecule has 16 heavy (non-hydrogen) atoms. The Kier molecular flexibility index (Phi) is 5.32. The maximum absolute atomic E-state index is 10.9. The minimum atomic E-state index is -2.80. The first-order chi connectivity index (χ1) is 7.58. The zero-order chi connectivity index (χ0) is 11.9. The molecule has 0 aliphatic rings. The average molecular weight is 242 g/mol. The molecule has 90 valence electrons. The summed E-state index contributed by atoms with van der Waals surface area (Å²) >= 11 is 0. The highest BCUT2D eigenvalue weighted by atomic mass is 32.2. The second kappa shape index (κ2) is 6.53. The zero-order valence-electron chi connectivity index (χ0n) is 9.56. The first-order valence-corrected chi connectivity index (χ1v) is 7.49. The van der Waals surface area contributed by atoms with E-state index in [4.69, 9.17) is 4.74 Å². The minimum absolute atomic E-state index is 0.276. The largest absolute Gasteiger partial charge is 0.494 e. The molecule has 0 unspecified atom stereocenters. The molecule has 0 heterocycles. The lowest BCUT2D eigenvalue weighted by Crippen LogP contribution is -2.04. The van der Waals surface area contributed by atoms with Crippen LogP contribution in [0, 0.1) is 0 Å². The summed E-state index contributed by atoms with van der Waals surface area (Å²) in [5, 5.41) is 0. The summed E-state index contributed by atoms with van der Waals surface area (Å²) in [5.74, 6) is 1.14. The molecule has 0 N–H and O–H groups in total. The smallest absolute Gasteiger partial charge is 0.147 e.